The van der Waals surface area contributed by atoms with E-state index in [1.54, 1.807) is 13.2 Å². The highest BCUT2D eigenvalue weighted by Crippen LogP contribution is 2.20. The number of methoxy groups -OCH3 is 1. The van der Waals surface area contributed by atoms with E-state index in [-0.39, 0.29) is 18.1 Å². The molecule has 0 bridgehead atoms. The summed E-state index contributed by atoms with van der Waals surface area (Å²) in [7, 11) is 1.60. The molecule has 7 heteroatoms. The van der Waals surface area contributed by atoms with Gasteiger partial charge in [-0.2, -0.15) is 5.10 Å². The van der Waals surface area contributed by atoms with Gasteiger partial charge in [-0.3, -0.25) is 9.89 Å². The van der Waals surface area contributed by atoms with Crippen LogP contribution in [0.2, 0.25) is 0 Å². The Labute approximate surface area is 121 Å². The number of furan rings is 1. The number of nitrogens with one attached hydrogen (secondary N) is 2. The number of amides is 1. The Morgan fingerprint density at radius 3 is 3.05 bits per heavy atom. The van der Waals surface area contributed by atoms with Gasteiger partial charge in [0.05, 0.1) is 19.3 Å². The molecule has 21 heavy (non-hydrogen) atoms. The van der Waals surface area contributed by atoms with Crippen LogP contribution in [0.3, 0.4) is 0 Å². The fourth-order valence-corrected chi connectivity index (χ4v) is 2.29. The Morgan fingerprint density at radius 2 is 2.33 bits per heavy atom. The van der Waals surface area contributed by atoms with Gasteiger partial charge in [-0.1, -0.05) is 0 Å². The third-order valence-electron chi connectivity index (χ3n) is 3.46. The smallest absolute Gasteiger partial charge is 0.272 e. The van der Waals surface area contributed by atoms with Crippen molar-refractivity contribution < 1.29 is 18.7 Å². The van der Waals surface area contributed by atoms with Crippen molar-refractivity contribution in [3.8, 4) is 11.5 Å². The molecular weight excluding hydrogens is 274 g/mol. The summed E-state index contributed by atoms with van der Waals surface area (Å²) in [6, 6.07) is 5.18. The van der Waals surface area contributed by atoms with E-state index in [0.717, 1.165) is 5.76 Å². The van der Waals surface area contributed by atoms with Crippen molar-refractivity contribution in [2.45, 2.75) is 19.1 Å². The number of carbonyl (C=O) groups is 1. The molecule has 0 unspecified atom stereocenters. The van der Waals surface area contributed by atoms with Crippen LogP contribution in [0.15, 0.2) is 22.6 Å². The third kappa shape index (κ3) is 2.84. The molecule has 1 saturated heterocycles. The van der Waals surface area contributed by atoms with Gasteiger partial charge in [0.15, 0.2) is 11.5 Å². The van der Waals surface area contributed by atoms with Crippen molar-refractivity contribution in [2.24, 2.45) is 0 Å². The molecule has 1 aliphatic heterocycles. The number of rotatable bonds is 4. The zero-order valence-electron chi connectivity index (χ0n) is 11.9. The van der Waals surface area contributed by atoms with Crippen LogP contribution in [0.4, 0.5) is 0 Å². The van der Waals surface area contributed by atoms with Gasteiger partial charge >= 0.3 is 0 Å². The fourth-order valence-electron chi connectivity index (χ4n) is 2.29. The lowest BCUT2D eigenvalue weighted by Crippen LogP contribution is -2.43. The van der Waals surface area contributed by atoms with Crippen LogP contribution in [0.1, 0.15) is 16.2 Å². The van der Waals surface area contributed by atoms with Gasteiger partial charge in [0, 0.05) is 13.2 Å². The minimum atomic E-state index is -0.265. The summed E-state index contributed by atoms with van der Waals surface area (Å²) in [6.07, 6.45) is -0.125. The number of carbonyl (C=O) groups excluding carboxylic acids is 1. The van der Waals surface area contributed by atoms with Crippen LogP contribution in [-0.2, 0) is 9.47 Å². The molecule has 2 aromatic rings. The highest BCUT2D eigenvalue weighted by Gasteiger charge is 2.30. The van der Waals surface area contributed by atoms with Crippen molar-refractivity contribution in [3.63, 3.8) is 0 Å². The maximum absolute atomic E-state index is 12.2. The molecule has 0 aliphatic carbocycles. The summed E-state index contributed by atoms with van der Waals surface area (Å²) >= 11 is 0. The Bertz CT molecular complexity index is 634. The van der Waals surface area contributed by atoms with E-state index in [9.17, 15) is 4.79 Å². The molecule has 0 spiro atoms. The topological polar surface area (TPSA) is 89.4 Å². The lowest BCUT2D eigenvalue weighted by Gasteiger charge is -2.16. The fraction of sp³-hybridized carbons (Fsp3) is 0.429. The van der Waals surface area contributed by atoms with Gasteiger partial charge in [0.1, 0.15) is 17.6 Å². The van der Waals surface area contributed by atoms with Crippen LogP contribution in [0, 0.1) is 6.92 Å². The van der Waals surface area contributed by atoms with E-state index in [2.05, 4.69) is 15.5 Å². The lowest BCUT2D eigenvalue weighted by atomic mass is 10.2. The standard InChI is InChI=1S/C14H17N3O4/c1-8-3-4-12(21-8)9-5-10(17-16-9)14(18)15-11-6-20-7-13(11)19-2/h3-5,11,13H,6-7H2,1-2H3,(H,15,18)(H,16,17)/t11-,13-/m0/s1. The molecule has 1 aliphatic rings. The summed E-state index contributed by atoms with van der Waals surface area (Å²) in [4.78, 5) is 12.2. The number of hydrogen-bond acceptors (Lipinski definition) is 5. The molecule has 112 valence electrons. The molecule has 2 aromatic heterocycles. The van der Waals surface area contributed by atoms with Crippen LogP contribution in [-0.4, -0.2) is 48.6 Å². The van der Waals surface area contributed by atoms with Crippen molar-refractivity contribution in [1.82, 2.24) is 15.5 Å². The molecule has 0 saturated carbocycles. The summed E-state index contributed by atoms with van der Waals surface area (Å²) < 4.78 is 16.0. The average Bonchev–Trinajstić information content (AvgIpc) is 3.17. The first-order valence-electron chi connectivity index (χ1n) is 6.71. The van der Waals surface area contributed by atoms with Crippen molar-refractivity contribution >= 4 is 5.91 Å². The Balaban J connectivity index is 1.69. The minimum Gasteiger partial charge on any atom is -0.460 e. The average molecular weight is 291 g/mol. The minimum absolute atomic E-state index is 0.125. The molecule has 1 amide bonds. The quantitative estimate of drug-likeness (QED) is 0.881. The molecule has 7 nitrogen and oxygen atoms in total. The second kappa shape index (κ2) is 5.71. The number of ether oxygens (including phenoxy) is 2. The number of H-pyrrole nitrogens is 1. The summed E-state index contributed by atoms with van der Waals surface area (Å²) in [5.41, 5.74) is 0.972. The van der Waals surface area contributed by atoms with Gasteiger partial charge in [-0.25, -0.2) is 0 Å². The molecule has 2 atom stereocenters. The van der Waals surface area contributed by atoms with E-state index in [1.807, 2.05) is 19.1 Å². The number of hydrogen-bond donors (Lipinski definition) is 2. The van der Waals surface area contributed by atoms with E-state index in [1.165, 1.54) is 0 Å². The van der Waals surface area contributed by atoms with Crippen LogP contribution in [0.5, 0.6) is 0 Å². The summed E-state index contributed by atoms with van der Waals surface area (Å²) in [5.74, 6) is 1.19. The monoisotopic (exact) mass is 291 g/mol. The van der Waals surface area contributed by atoms with Gasteiger partial charge in [-0.05, 0) is 19.1 Å². The van der Waals surface area contributed by atoms with E-state index in [0.29, 0.717) is 30.4 Å². The van der Waals surface area contributed by atoms with Crippen LogP contribution < -0.4 is 5.32 Å². The Morgan fingerprint density at radius 1 is 1.48 bits per heavy atom. The first kappa shape index (κ1) is 13.8. The number of aromatic nitrogens is 2. The van der Waals surface area contributed by atoms with Gasteiger partial charge in [0.2, 0.25) is 0 Å². The number of aromatic amines is 1. The van der Waals surface area contributed by atoms with E-state index < -0.39 is 0 Å². The second-order valence-corrected chi connectivity index (χ2v) is 4.97. The van der Waals surface area contributed by atoms with E-state index in [4.69, 9.17) is 13.9 Å². The second-order valence-electron chi connectivity index (χ2n) is 4.97. The Hall–Kier alpha value is -2.12. The van der Waals surface area contributed by atoms with Gasteiger partial charge in [-0.15, -0.1) is 0 Å². The van der Waals surface area contributed by atoms with Crippen LogP contribution in [0.25, 0.3) is 11.5 Å². The molecule has 0 aromatic carbocycles. The highest BCUT2D eigenvalue weighted by atomic mass is 16.5. The van der Waals surface area contributed by atoms with Gasteiger partial charge in [0.25, 0.3) is 5.91 Å². The van der Waals surface area contributed by atoms with Crippen LogP contribution >= 0.6 is 0 Å². The maximum Gasteiger partial charge on any atom is 0.272 e. The SMILES string of the molecule is CO[C@H]1COC[C@@H]1NC(=O)c1cc(-c2ccc(C)o2)[nH]n1. The summed E-state index contributed by atoms with van der Waals surface area (Å²) in [5, 5.41) is 9.68. The molecule has 1 fully saturated rings. The summed E-state index contributed by atoms with van der Waals surface area (Å²) in [6.45, 7) is 2.79. The van der Waals surface area contributed by atoms with Gasteiger partial charge < -0.3 is 19.2 Å². The largest absolute Gasteiger partial charge is 0.460 e. The lowest BCUT2D eigenvalue weighted by molar-refractivity contribution is 0.0684. The molecule has 3 rings (SSSR count). The zero-order valence-corrected chi connectivity index (χ0v) is 11.9. The zero-order chi connectivity index (χ0) is 14.8. The first-order valence-corrected chi connectivity index (χ1v) is 6.71. The molecule has 2 N–H and O–H groups in total. The first-order chi connectivity index (χ1) is 10.2. The van der Waals surface area contributed by atoms with Crippen molar-refractivity contribution in [2.75, 3.05) is 20.3 Å². The predicted molar refractivity (Wildman–Crippen MR) is 73.9 cm³/mol. The molecule has 3 heterocycles. The van der Waals surface area contributed by atoms with Crippen molar-refractivity contribution in [1.29, 1.82) is 0 Å². The van der Waals surface area contributed by atoms with Crippen molar-refractivity contribution in [3.05, 3.63) is 29.7 Å². The molecular formula is C14H17N3O4. The predicted octanol–water partition coefficient (Wildman–Crippen LogP) is 1.12. The molecule has 0 radical (unpaired) electrons. The maximum atomic E-state index is 12.2. The normalized spacial score (nSPS) is 21.6. The number of aryl methyl sites for hydroxylation is 1. The highest BCUT2D eigenvalue weighted by molar-refractivity contribution is 5.93. The number of nitrogens with zero attached hydrogens (tertiary/aromatic N) is 1. The van der Waals surface area contributed by atoms with E-state index >= 15 is 0 Å². The third-order valence-corrected chi connectivity index (χ3v) is 3.46. The Kier molecular flexibility index (Phi) is 3.76.